The molecule has 104 heavy (non-hydrogen) atoms. The summed E-state index contributed by atoms with van der Waals surface area (Å²) in [5.41, 5.74) is 0.789. The van der Waals surface area contributed by atoms with Gasteiger partial charge in [-0.1, -0.05) is 58.5 Å². The number of ether oxygens (including phenoxy) is 4. The van der Waals surface area contributed by atoms with E-state index in [1.807, 2.05) is 36.4 Å². The van der Waals surface area contributed by atoms with E-state index < -0.39 is 60.8 Å². The Labute approximate surface area is 626 Å². The smallest absolute Gasteiger partial charge is 0.314 e. The average Bonchev–Trinajstić information content (AvgIpc) is 0.850. The molecule has 0 bridgehead atoms. The van der Waals surface area contributed by atoms with Crippen LogP contribution >= 0.6 is 46.4 Å². The number of carboxylic acids is 2. The van der Waals surface area contributed by atoms with Crippen molar-refractivity contribution in [1.29, 1.82) is 0 Å². The van der Waals surface area contributed by atoms with Gasteiger partial charge in [-0.2, -0.15) is 0 Å². The van der Waals surface area contributed by atoms with Crippen LogP contribution in [0.2, 0.25) is 20.1 Å². The minimum Gasteiger partial charge on any atom is -0.481 e. The van der Waals surface area contributed by atoms with Crippen molar-refractivity contribution in [2.24, 2.45) is 0 Å². The standard InChI is InChI=1S/C70H100Cl4N14O16/c71-51-41-49(42-52(72)45-51)57(47-65(93)94)87-67(97)55(85-63(91)19-5-11-25-77-59-17-3-9-23-75-59)15-1-7-27-79-61(89)21-33-101-37-39-103-35-31-83-69(99)81-29-13-14-30-82-70(100)84-32-36-104-40-38-102-34-22-62(90)80-28-8-2-16-56(86-64(92)20-6-12-26-78-60-18-4-10-24-76-60)68(98)88-58(48-66(95)96)50-43-53(73)46-54(74)44-50/h3-4,9-10,17-18,23-24,41-46,55-58H,1-2,5-8,11-16,19-22,25-40,47-48H2,(H,75,77)(H,76,78)(H,79,89)(H,80,90)(H,85,91)(H,86,92)(H,87,97)(H,88,98)(H,93,94)(H,95,96)(H2,81,83,99)(H2,82,84,100). The normalized spacial score (nSPS) is 12.1. The fourth-order valence-electron chi connectivity index (χ4n) is 10.0. The van der Waals surface area contributed by atoms with Gasteiger partial charge in [0.25, 0.3) is 0 Å². The number of aromatic nitrogens is 2. The molecule has 10 amide bonds. The Morgan fingerprint density at radius 2 is 0.712 bits per heavy atom. The summed E-state index contributed by atoms with van der Waals surface area (Å²) in [6.07, 6.45) is 8.91. The molecule has 4 atom stereocenters. The number of pyridine rings is 2. The topological polar surface area (TPSA) is 418 Å². The number of halogens is 4. The molecule has 0 saturated carbocycles. The van der Waals surface area contributed by atoms with Crippen LogP contribution in [0.5, 0.6) is 0 Å². The van der Waals surface area contributed by atoms with E-state index in [4.69, 9.17) is 65.4 Å². The highest BCUT2D eigenvalue weighted by molar-refractivity contribution is 6.35. The molecular formula is C70H100Cl4N14O16. The fraction of sp³-hybridized carbons (Fsp3) is 0.543. The Balaban J connectivity index is 0.950. The molecule has 30 nitrogen and oxygen atoms in total. The number of unbranched alkanes of at least 4 members (excludes halogenated alkanes) is 5. The maximum Gasteiger partial charge on any atom is 0.314 e. The number of hydrogen-bond donors (Lipinski definition) is 14. The van der Waals surface area contributed by atoms with Crippen LogP contribution in [0.15, 0.2) is 85.2 Å². The number of rotatable bonds is 57. The zero-order valence-electron chi connectivity index (χ0n) is 58.5. The molecule has 0 saturated heterocycles. The van der Waals surface area contributed by atoms with Gasteiger partial charge in [0.15, 0.2) is 0 Å². The van der Waals surface area contributed by atoms with Gasteiger partial charge in [0.2, 0.25) is 35.4 Å². The Hall–Kier alpha value is -8.36. The lowest BCUT2D eigenvalue weighted by Crippen LogP contribution is -2.48. The van der Waals surface area contributed by atoms with E-state index in [0.29, 0.717) is 115 Å². The van der Waals surface area contributed by atoms with Crippen LogP contribution < -0.4 is 63.8 Å². The van der Waals surface area contributed by atoms with E-state index in [9.17, 15) is 58.2 Å². The van der Waals surface area contributed by atoms with Crippen LogP contribution in [-0.2, 0) is 57.3 Å². The number of carbonyl (C=O) groups is 10. The molecule has 0 aliphatic rings. The van der Waals surface area contributed by atoms with Crippen molar-refractivity contribution in [3.63, 3.8) is 0 Å². The zero-order valence-corrected chi connectivity index (χ0v) is 61.5. The van der Waals surface area contributed by atoms with Gasteiger partial charge in [-0.05, 0) is 149 Å². The number of nitrogens with zero attached hydrogens (tertiary/aromatic N) is 2. The van der Waals surface area contributed by atoms with Gasteiger partial charge in [-0.15, -0.1) is 0 Å². The fourth-order valence-corrected chi connectivity index (χ4v) is 11.1. The van der Waals surface area contributed by atoms with Crippen LogP contribution in [-0.4, -0.2) is 197 Å². The highest BCUT2D eigenvalue weighted by atomic mass is 35.5. The number of amides is 10. The lowest BCUT2D eigenvalue weighted by molar-refractivity contribution is -0.139. The third kappa shape index (κ3) is 43.0. The van der Waals surface area contributed by atoms with Crippen molar-refractivity contribution in [3.05, 3.63) is 116 Å². The number of carboxylic acid groups (broad SMARTS) is 2. The summed E-state index contributed by atoms with van der Waals surface area (Å²) in [7, 11) is 0. The van der Waals surface area contributed by atoms with Crippen LogP contribution in [0, 0.1) is 0 Å². The second-order valence-electron chi connectivity index (χ2n) is 23.9. The first-order valence-corrected chi connectivity index (χ1v) is 36.5. The van der Waals surface area contributed by atoms with Crippen molar-refractivity contribution in [3.8, 4) is 0 Å². The summed E-state index contributed by atoms with van der Waals surface area (Å²) < 4.78 is 22.1. The molecule has 4 rings (SSSR count). The lowest BCUT2D eigenvalue weighted by Gasteiger charge is -2.23. The van der Waals surface area contributed by atoms with E-state index in [2.05, 4.69) is 73.8 Å². The molecule has 0 fully saturated rings. The highest BCUT2D eigenvalue weighted by Crippen LogP contribution is 2.28. The van der Waals surface area contributed by atoms with Crippen LogP contribution in [0.25, 0.3) is 0 Å². The molecule has 2 heterocycles. The molecule has 0 spiro atoms. The molecule has 4 unspecified atom stereocenters. The summed E-state index contributed by atoms with van der Waals surface area (Å²) in [6.45, 7) is 4.79. The van der Waals surface area contributed by atoms with E-state index in [1.165, 1.54) is 36.4 Å². The first-order valence-electron chi connectivity index (χ1n) is 35.0. The predicted molar refractivity (Wildman–Crippen MR) is 394 cm³/mol. The predicted octanol–water partition coefficient (Wildman–Crippen LogP) is 7.39. The molecule has 2 aromatic carbocycles. The average molecular weight is 1540 g/mol. The third-order valence-corrected chi connectivity index (χ3v) is 16.2. The summed E-state index contributed by atoms with van der Waals surface area (Å²) >= 11 is 24.7. The summed E-state index contributed by atoms with van der Waals surface area (Å²) in [4.78, 5) is 135. The largest absolute Gasteiger partial charge is 0.481 e. The van der Waals surface area contributed by atoms with Crippen molar-refractivity contribution in [2.75, 3.05) is 116 Å². The number of urea groups is 2. The summed E-state index contributed by atoms with van der Waals surface area (Å²) in [5, 5.41) is 54.4. The van der Waals surface area contributed by atoms with E-state index in [-0.39, 0.29) is 160 Å². The second kappa shape index (κ2) is 54.3. The molecule has 4 aromatic rings. The summed E-state index contributed by atoms with van der Waals surface area (Å²) in [5.74, 6) is -3.19. The third-order valence-electron chi connectivity index (χ3n) is 15.3. The van der Waals surface area contributed by atoms with Crippen molar-refractivity contribution < 1.29 is 77.1 Å². The molecule has 0 aliphatic heterocycles. The molecule has 574 valence electrons. The van der Waals surface area contributed by atoms with Crippen LogP contribution in [0.4, 0.5) is 21.2 Å². The highest BCUT2D eigenvalue weighted by Gasteiger charge is 2.28. The molecule has 34 heteroatoms. The van der Waals surface area contributed by atoms with E-state index >= 15 is 0 Å². The number of anilines is 2. The first kappa shape index (κ1) is 88.0. The van der Waals surface area contributed by atoms with Gasteiger partial charge in [-0.3, -0.25) is 38.4 Å². The second-order valence-corrected chi connectivity index (χ2v) is 25.6. The number of benzene rings is 2. The van der Waals surface area contributed by atoms with Crippen molar-refractivity contribution in [1.82, 2.24) is 63.1 Å². The van der Waals surface area contributed by atoms with Gasteiger partial charge in [-0.25, -0.2) is 19.6 Å². The lowest BCUT2D eigenvalue weighted by atomic mass is 10.0. The monoisotopic (exact) mass is 1530 g/mol. The molecule has 0 aliphatic carbocycles. The maximum atomic E-state index is 13.7. The Kier molecular flexibility index (Phi) is 46.0. The summed E-state index contributed by atoms with van der Waals surface area (Å²) in [6, 6.07) is 15.4. The van der Waals surface area contributed by atoms with E-state index in [1.54, 1.807) is 12.4 Å². The SMILES string of the molecule is O=C(O)CC(NC(=O)C(CCCCNC(=O)CCOCCOCCNC(=O)NCCCCNC(=O)NCCOCCOCCC(=O)NCCCCC(NC(=O)CCCCNc1ccccn1)C(=O)NC(CC(=O)O)c1cc(Cl)cc(Cl)c1)NC(=O)CCCCNc1ccccn1)c1cc(Cl)cc(Cl)c1. The van der Waals surface area contributed by atoms with Crippen LogP contribution in [0.1, 0.15) is 139 Å². The van der Waals surface area contributed by atoms with Crippen LogP contribution in [0.3, 0.4) is 0 Å². The quantitative estimate of drug-likeness (QED) is 0.0192. The van der Waals surface area contributed by atoms with Gasteiger partial charge < -0.3 is 93.0 Å². The minimum absolute atomic E-state index is 0.0999. The molecular weight excluding hydrogens is 1430 g/mol. The van der Waals surface area contributed by atoms with E-state index in [0.717, 1.165) is 11.6 Å². The zero-order chi connectivity index (χ0) is 75.4. The van der Waals surface area contributed by atoms with Crippen molar-refractivity contribution >= 4 is 117 Å². The first-order chi connectivity index (χ1) is 50.2. The van der Waals surface area contributed by atoms with Crippen molar-refractivity contribution in [2.45, 2.75) is 140 Å². The minimum atomic E-state index is -1.16. The number of hydrogen-bond acceptors (Lipinski definition) is 18. The molecule has 14 N–H and O–H groups in total. The number of nitrogens with one attached hydrogen (secondary N) is 12. The van der Waals surface area contributed by atoms with Gasteiger partial charge in [0.1, 0.15) is 23.7 Å². The Morgan fingerprint density at radius 1 is 0.365 bits per heavy atom. The maximum absolute atomic E-state index is 13.7. The van der Waals surface area contributed by atoms with Gasteiger partial charge in [0.05, 0.1) is 77.8 Å². The van der Waals surface area contributed by atoms with Gasteiger partial charge in [0, 0.05) is 111 Å². The van der Waals surface area contributed by atoms with Gasteiger partial charge >= 0.3 is 24.0 Å². The molecule has 0 radical (unpaired) electrons. The molecule has 2 aromatic heterocycles. The number of aliphatic carboxylic acids is 2. The number of carbonyl (C=O) groups excluding carboxylic acids is 8. The Morgan fingerprint density at radius 3 is 1.08 bits per heavy atom. The Bertz CT molecular complexity index is 2980.